The van der Waals surface area contributed by atoms with Crippen molar-refractivity contribution in [1.29, 1.82) is 0 Å². The molecule has 1 aliphatic rings. The molecule has 2 aromatic rings. The van der Waals surface area contributed by atoms with Crippen LogP contribution in [0.2, 0.25) is 0 Å². The summed E-state index contributed by atoms with van der Waals surface area (Å²) in [4.78, 5) is 39.7. The summed E-state index contributed by atoms with van der Waals surface area (Å²) in [6.07, 6.45) is 0.780. The van der Waals surface area contributed by atoms with Crippen LogP contribution in [0, 0.1) is 0 Å². The standard InChI is InChI=1S/C18H18N2O3/c1-19(2)15(21)10-5-11-20-17(22)13-8-3-6-12-7-4-9-14(16(12)13)18(20)23/h3-4,6-9H,5,10-11H2,1-2H3. The number of rotatable bonds is 4. The third kappa shape index (κ3) is 2.59. The summed E-state index contributed by atoms with van der Waals surface area (Å²) >= 11 is 0. The van der Waals surface area contributed by atoms with Gasteiger partial charge in [-0.3, -0.25) is 19.3 Å². The average Bonchev–Trinajstić information content (AvgIpc) is 2.55. The number of imide groups is 1. The Hall–Kier alpha value is -2.69. The van der Waals surface area contributed by atoms with Gasteiger partial charge in [0.25, 0.3) is 11.8 Å². The third-order valence-corrected chi connectivity index (χ3v) is 4.13. The summed E-state index contributed by atoms with van der Waals surface area (Å²) in [7, 11) is 3.38. The van der Waals surface area contributed by atoms with Crippen LogP contribution >= 0.6 is 0 Å². The van der Waals surface area contributed by atoms with E-state index in [0.717, 1.165) is 10.8 Å². The first-order valence-electron chi connectivity index (χ1n) is 7.59. The molecule has 0 aromatic heterocycles. The summed E-state index contributed by atoms with van der Waals surface area (Å²) in [5.41, 5.74) is 1.10. The fraction of sp³-hybridized carbons (Fsp3) is 0.278. The zero-order chi connectivity index (χ0) is 16.6. The Morgan fingerprint density at radius 2 is 1.57 bits per heavy atom. The summed E-state index contributed by atoms with van der Waals surface area (Å²) in [6, 6.07) is 10.9. The number of hydrogen-bond donors (Lipinski definition) is 0. The zero-order valence-corrected chi connectivity index (χ0v) is 13.2. The fourth-order valence-corrected chi connectivity index (χ4v) is 2.90. The summed E-state index contributed by atoms with van der Waals surface area (Å²) in [5.74, 6) is -0.572. The van der Waals surface area contributed by atoms with Crippen molar-refractivity contribution in [3.63, 3.8) is 0 Å². The van der Waals surface area contributed by atoms with Gasteiger partial charge in [0.1, 0.15) is 0 Å². The molecule has 0 fully saturated rings. The van der Waals surface area contributed by atoms with Gasteiger partial charge in [0.15, 0.2) is 0 Å². The van der Waals surface area contributed by atoms with Gasteiger partial charge < -0.3 is 4.90 Å². The average molecular weight is 310 g/mol. The number of amides is 3. The number of nitrogens with zero attached hydrogens (tertiary/aromatic N) is 2. The van der Waals surface area contributed by atoms with E-state index in [9.17, 15) is 14.4 Å². The number of benzene rings is 2. The third-order valence-electron chi connectivity index (χ3n) is 4.13. The lowest BCUT2D eigenvalue weighted by Crippen LogP contribution is -2.41. The minimum Gasteiger partial charge on any atom is -0.349 e. The summed E-state index contributed by atoms with van der Waals surface area (Å²) in [6.45, 7) is 0.252. The molecule has 0 spiro atoms. The van der Waals surface area contributed by atoms with Crippen LogP contribution in [0.3, 0.4) is 0 Å². The number of carbonyl (C=O) groups is 3. The highest BCUT2D eigenvalue weighted by atomic mass is 16.2. The molecular formula is C18H18N2O3. The molecule has 0 atom stereocenters. The Kier molecular flexibility index (Phi) is 3.86. The molecule has 0 saturated carbocycles. The van der Waals surface area contributed by atoms with Gasteiger partial charge in [0.05, 0.1) is 0 Å². The molecule has 1 heterocycles. The van der Waals surface area contributed by atoms with E-state index in [0.29, 0.717) is 24.0 Å². The lowest BCUT2D eigenvalue weighted by Gasteiger charge is -2.27. The van der Waals surface area contributed by atoms with Crippen molar-refractivity contribution in [2.24, 2.45) is 0 Å². The minimum atomic E-state index is -0.281. The van der Waals surface area contributed by atoms with Gasteiger partial charge in [-0.2, -0.15) is 0 Å². The molecule has 0 unspecified atom stereocenters. The molecule has 2 aromatic carbocycles. The highest BCUT2D eigenvalue weighted by molar-refractivity contribution is 6.25. The van der Waals surface area contributed by atoms with Crippen LogP contribution in [-0.4, -0.2) is 48.2 Å². The van der Waals surface area contributed by atoms with Crippen LogP contribution in [-0.2, 0) is 4.79 Å². The van der Waals surface area contributed by atoms with Crippen LogP contribution < -0.4 is 0 Å². The number of hydrogen-bond acceptors (Lipinski definition) is 3. The Morgan fingerprint density at radius 3 is 2.09 bits per heavy atom. The Bertz CT molecular complexity index is 760. The van der Waals surface area contributed by atoms with Crippen LogP contribution in [0.25, 0.3) is 10.8 Å². The second kappa shape index (κ2) is 5.83. The molecule has 5 heteroatoms. The molecule has 0 aliphatic carbocycles. The van der Waals surface area contributed by atoms with Crippen molar-refractivity contribution in [2.75, 3.05) is 20.6 Å². The van der Waals surface area contributed by atoms with Gasteiger partial charge in [-0.1, -0.05) is 24.3 Å². The lowest BCUT2D eigenvalue weighted by atomic mass is 9.94. The summed E-state index contributed by atoms with van der Waals surface area (Å²) < 4.78 is 0. The van der Waals surface area contributed by atoms with Crippen LogP contribution in [0.15, 0.2) is 36.4 Å². The first kappa shape index (κ1) is 15.2. The van der Waals surface area contributed by atoms with E-state index in [1.165, 1.54) is 9.80 Å². The van der Waals surface area contributed by atoms with Crippen LogP contribution in [0.5, 0.6) is 0 Å². The quantitative estimate of drug-likeness (QED) is 0.814. The molecule has 118 valence electrons. The van der Waals surface area contributed by atoms with Gasteiger partial charge in [-0.15, -0.1) is 0 Å². The molecule has 3 amide bonds. The highest BCUT2D eigenvalue weighted by Gasteiger charge is 2.32. The maximum absolute atomic E-state index is 12.6. The monoisotopic (exact) mass is 310 g/mol. The summed E-state index contributed by atoms with van der Waals surface area (Å²) in [5, 5.41) is 1.62. The van der Waals surface area contributed by atoms with Gasteiger partial charge in [0.2, 0.25) is 5.91 Å². The van der Waals surface area contributed by atoms with Crippen molar-refractivity contribution in [3.8, 4) is 0 Å². The molecule has 0 bridgehead atoms. The van der Waals surface area contributed by atoms with Crippen molar-refractivity contribution in [1.82, 2.24) is 9.80 Å². The van der Waals surface area contributed by atoms with Gasteiger partial charge >= 0.3 is 0 Å². The molecule has 3 rings (SSSR count). The second-order valence-electron chi connectivity index (χ2n) is 5.86. The first-order valence-corrected chi connectivity index (χ1v) is 7.59. The maximum Gasteiger partial charge on any atom is 0.261 e. The van der Waals surface area contributed by atoms with E-state index >= 15 is 0 Å². The smallest absolute Gasteiger partial charge is 0.261 e. The van der Waals surface area contributed by atoms with Crippen molar-refractivity contribution in [3.05, 3.63) is 47.5 Å². The van der Waals surface area contributed by atoms with E-state index in [1.807, 2.05) is 24.3 Å². The van der Waals surface area contributed by atoms with Gasteiger partial charge in [-0.05, 0) is 23.9 Å². The van der Waals surface area contributed by atoms with Crippen molar-refractivity contribution >= 4 is 28.5 Å². The highest BCUT2D eigenvalue weighted by Crippen LogP contribution is 2.29. The zero-order valence-electron chi connectivity index (χ0n) is 13.2. The Labute approximate surface area is 134 Å². The molecule has 0 saturated heterocycles. The largest absolute Gasteiger partial charge is 0.349 e. The molecule has 23 heavy (non-hydrogen) atoms. The van der Waals surface area contributed by atoms with Crippen LogP contribution in [0.1, 0.15) is 33.6 Å². The van der Waals surface area contributed by atoms with Crippen molar-refractivity contribution < 1.29 is 14.4 Å². The Balaban J connectivity index is 1.87. The van der Waals surface area contributed by atoms with E-state index in [1.54, 1.807) is 26.2 Å². The molecule has 0 N–H and O–H groups in total. The van der Waals surface area contributed by atoms with Crippen LogP contribution in [0.4, 0.5) is 0 Å². The first-order chi connectivity index (χ1) is 11.0. The van der Waals surface area contributed by atoms with E-state index in [2.05, 4.69) is 0 Å². The Morgan fingerprint density at radius 1 is 1.00 bits per heavy atom. The minimum absolute atomic E-state index is 0.00981. The maximum atomic E-state index is 12.6. The van der Waals surface area contributed by atoms with E-state index in [-0.39, 0.29) is 24.3 Å². The normalized spacial score (nSPS) is 13.6. The molecular weight excluding hydrogens is 292 g/mol. The SMILES string of the molecule is CN(C)C(=O)CCCN1C(=O)c2cccc3cccc(c23)C1=O. The van der Waals surface area contributed by atoms with Gasteiger partial charge in [-0.25, -0.2) is 0 Å². The number of carbonyl (C=O) groups excluding carboxylic acids is 3. The predicted molar refractivity (Wildman–Crippen MR) is 87.2 cm³/mol. The predicted octanol–water partition coefficient (Wildman–Crippen LogP) is 2.30. The second-order valence-corrected chi connectivity index (χ2v) is 5.86. The van der Waals surface area contributed by atoms with Gasteiger partial charge in [0, 0.05) is 43.6 Å². The lowest BCUT2D eigenvalue weighted by molar-refractivity contribution is -0.128. The fourth-order valence-electron chi connectivity index (χ4n) is 2.90. The van der Waals surface area contributed by atoms with Crippen molar-refractivity contribution in [2.45, 2.75) is 12.8 Å². The van der Waals surface area contributed by atoms with E-state index < -0.39 is 0 Å². The molecule has 1 aliphatic heterocycles. The molecule has 5 nitrogen and oxygen atoms in total. The molecule has 0 radical (unpaired) electrons. The topological polar surface area (TPSA) is 57.7 Å². The van der Waals surface area contributed by atoms with E-state index in [4.69, 9.17) is 0 Å².